The van der Waals surface area contributed by atoms with E-state index in [2.05, 4.69) is 50.6 Å². The molecule has 0 amide bonds. The second-order valence-corrected chi connectivity index (χ2v) is 8.20. The molecule has 0 atom stereocenters. The highest BCUT2D eigenvalue weighted by Crippen LogP contribution is 2.27. The normalized spacial score (nSPS) is 13.9. The van der Waals surface area contributed by atoms with Crippen LogP contribution >= 0.6 is 11.3 Å². The highest BCUT2D eigenvalue weighted by Gasteiger charge is 2.22. The van der Waals surface area contributed by atoms with E-state index in [1.165, 1.54) is 16.0 Å². The van der Waals surface area contributed by atoms with Crippen LogP contribution in [-0.2, 0) is 19.5 Å². The fourth-order valence-electron chi connectivity index (χ4n) is 3.74. The summed E-state index contributed by atoms with van der Waals surface area (Å²) in [7, 11) is 0. The fourth-order valence-corrected chi connectivity index (χ4v) is 4.68. The molecule has 3 aromatic heterocycles. The number of aromatic nitrogens is 3. The molecule has 0 saturated heterocycles. The van der Waals surface area contributed by atoms with Crippen LogP contribution < -0.4 is 5.56 Å². The number of nitrogens with zero attached hydrogens (tertiary/aromatic N) is 3. The number of thiophene rings is 1. The van der Waals surface area contributed by atoms with Crippen LogP contribution in [0, 0.1) is 0 Å². The van der Waals surface area contributed by atoms with Crippen LogP contribution in [0.2, 0.25) is 0 Å². The van der Waals surface area contributed by atoms with Crippen molar-refractivity contribution in [3.63, 3.8) is 0 Å². The molecule has 1 aromatic carbocycles. The smallest absolute Gasteiger partial charge is 0.254 e. The molecule has 29 heavy (non-hydrogen) atoms. The highest BCUT2D eigenvalue weighted by molar-refractivity contribution is 7.10. The van der Waals surface area contributed by atoms with E-state index in [4.69, 9.17) is 4.98 Å². The van der Waals surface area contributed by atoms with Crippen molar-refractivity contribution in [2.45, 2.75) is 19.5 Å². The molecule has 1 N–H and O–H groups in total. The van der Waals surface area contributed by atoms with Crippen LogP contribution in [0.1, 0.15) is 16.1 Å². The second-order valence-electron chi connectivity index (χ2n) is 7.20. The number of rotatable bonds is 4. The zero-order valence-electron chi connectivity index (χ0n) is 15.8. The largest absolute Gasteiger partial charge is 0.306 e. The van der Waals surface area contributed by atoms with Gasteiger partial charge < -0.3 is 4.98 Å². The summed E-state index contributed by atoms with van der Waals surface area (Å²) >= 11 is 1.79. The van der Waals surface area contributed by atoms with Gasteiger partial charge in [0.25, 0.3) is 5.56 Å². The standard InChI is InChI=1S/C23H20N4OS/c28-23-20-8-11-27(13-19-12-18(15-29-19)16-4-2-1-3-5-16)14-21(20)25-22(26-23)17-6-9-24-10-7-17/h1-7,9-10,12,15H,8,11,13-14H2,(H,25,26,28). The zero-order valence-corrected chi connectivity index (χ0v) is 16.7. The van der Waals surface area contributed by atoms with E-state index in [0.717, 1.165) is 36.3 Å². The van der Waals surface area contributed by atoms with Gasteiger partial charge in [-0.1, -0.05) is 30.3 Å². The molecule has 144 valence electrons. The van der Waals surface area contributed by atoms with Gasteiger partial charge >= 0.3 is 0 Å². The Labute approximate surface area is 172 Å². The fraction of sp³-hybridized carbons (Fsp3) is 0.174. The molecule has 4 heterocycles. The van der Waals surface area contributed by atoms with Crippen LogP contribution in [0.5, 0.6) is 0 Å². The SMILES string of the molecule is O=c1[nH]c(-c2ccncc2)nc2c1CCN(Cc1cc(-c3ccccc3)cs1)C2. The van der Waals surface area contributed by atoms with E-state index >= 15 is 0 Å². The number of hydrogen-bond acceptors (Lipinski definition) is 5. The minimum absolute atomic E-state index is 0.0241. The quantitative estimate of drug-likeness (QED) is 0.560. The van der Waals surface area contributed by atoms with Gasteiger partial charge in [0.2, 0.25) is 0 Å². The van der Waals surface area contributed by atoms with E-state index in [1.54, 1.807) is 23.7 Å². The third kappa shape index (κ3) is 3.77. The van der Waals surface area contributed by atoms with Crippen LogP contribution in [0.4, 0.5) is 0 Å². The van der Waals surface area contributed by atoms with Gasteiger partial charge in [-0.25, -0.2) is 4.98 Å². The van der Waals surface area contributed by atoms with E-state index in [9.17, 15) is 4.79 Å². The molecule has 0 saturated carbocycles. The van der Waals surface area contributed by atoms with E-state index in [-0.39, 0.29) is 5.56 Å². The predicted octanol–water partition coefficient (Wildman–Crippen LogP) is 4.12. The predicted molar refractivity (Wildman–Crippen MR) is 116 cm³/mol. The van der Waals surface area contributed by atoms with Crippen molar-refractivity contribution in [3.05, 3.63) is 92.8 Å². The maximum atomic E-state index is 12.6. The van der Waals surface area contributed by atoms with E-state index in [0.29, 0.717) is 12.4 Å². The number of H-pyrrole nitrogens is 1. The average Bonchev–Trinajstić information content (AvgIpc) is 3.23. The number of aromatic amines is 1. The van der Waals surface area contributed by atoms with Gasteiger partial charge in [0.05, 0.1) is 5.69 Å². The van der Waals surface area contributed by atoms with Crippen molar-refractivity contribution in [2.24, 2.45) is 0 Å². The zero-order chi connectivity index (χ0) is 19.6. The first-order chi connectivity index (χ1) is 14.3. The lowest BCUT2D eigenvalue weighted by Gasteiger charge is -2.27. The maximum absolute atomic E-state index is 12.6. The van der Waals surface area contributed by atoms with Crippen molar-refractivity contribution in [1.82, 2.24) is 19.9 Å². The van der Waals surface area contributed by atoms with E-state index < -0.39 is 0 Å². The van der Waals surface area contributed by atoms with Gasteiger partial charge in [-0.3, -0.25) is 14.7 Å². The lowest BCUT2D eigenvalue weighted by Crippen LogP contribution is -2.34. The summed E-state index contributed by atoms with van der Waals surface area (Å²) in [5.41, 5.74) is 5.06. The summed E-state index contributed by atoms with van der Waals surface area (Å²) in [6.45, 7) is 2.43. The van der Waals surface area contributed by atoms with Crippen molar-refractivity contribution in [1.29, 1.82) is 0 Å². The summed E-state index contributed by atoms with van der Waals surface area (Å²) < 4.78 is 0. The summed E-state index contributed by atoms with van der Waals surface area (Å²) in [5, 5.41) is 2.22. The number of benzene rings is 1. The Morgan fingerprint density at radius 2 is 1.86 bits per heavy atom. The minimum atomic E-state index is -0.0241. The highest BCUT2D eigenvalue weighted by atomic mass is 32.1. The maximum Gasteiger partial charge on any atom is 0.254 e. The molecule has 5 rings (SSSR count). The summed E-state index contributed by atoms with van der Waals surface area (Å²) in [4.78, 5) is 28.0. The third-order valence-corrected chi connectivity index (χ3v) is 6.17. The molecule has 0 aliphatic carbocycles. The minimum Gasteiger partial charge on any atom is -0.306 e. The number of pyridine rings is 1. The van der Waals surface area contributed by atoms with Crippen molar-refractivity contribution in [3.8, 4) is 22.5 Å². The second kappa shape index (κ2) is 7.73. The topological polar surface area (TPSA) is 61.9 Å². The first-order valence-corrected chi connectivity index (χ1v) is 10.5. The first-order valence-electron chi connectivity index (χ1n) is 9.64. The molecule has 5 nitrogen and oxygen atoms in total. The summed E-state index contributed by atoms with van der Waals surface area (Å²) in [6.07, 6.45) is 4.15. The van der Waals surface area contributed by atoms with Crippen LogP contribution in [0.25, 0.3) is 22.5 Å². The number of hydrogen-bond donors (Lipinski definition) is 1. The number of nitrogens with one attached hydrogen (secondary N) is 1. The Kier molecular flexibility index (Phi) is 4.79. The molecule has 4 aromatic rings. The van der Waals surface area contributed by atoms with Crippen LogP contribution in [-0.4, -0.2) is 26.4 Å². The molecule has 0 radical (unpaired) electrons. The monoisotopic (exact) mass is 400 g/mol. The molecular weight excluding hydrogens is 380 g/mol. The first kappa shape index (κ1) is 18.0. The van der Waals surface area contributed by atoms with Crippen molar-refractivity contribution >= 4 is 11.3 Å². The molecule has 0 spiro atoms. The van der Waals surface area contributed by atoms with Gasteiger partial charge in [-0.2, -0.15) is 0 Å². The Morgan fingerprint density at radius 1 is 1.03 bits per heavy atom. The third-order valence-electron chi connectivity index (χ3n) is 5.25. The Hall–Kier alpha value is -3.09. The lowest BCUT2D eigenvalue weighted by molar-refractivity contribution is 0.243. The van der Waals surface area contributed by atoms with Gasteiger partial charge in [-0.15, -0.1) is 11.3 Å². The van der Waals surface area contributed by atoms with Gasteiger partial charge in [0.1, 0.15) is 5.82 Å². The van der Waals surface area contributed by atoms with Crippen molar-refractivity contribution in [2.75, 3.05) is 6.54 Å². The molecule has 0 unspecified atom stereocenters. The lowest BCUT2D eigenvalue weighted by atomic mass is 10.1. The summed E-state index contributed by atoms with van der Waals surface area (Å²) in [6, 6.07) is 16.4. The van der Waals surface area contributed by atoms with Crippen LogP contribution in [0.15, 0.2) is 71.1 Å². The van der Waals surface area contributed by atoms with Gasteiger partial charge in [0, 0.05) is 48.0 Å². The molecule has 1 aliphatic rings. The summed E-state index contributed by atoms with van der Waals surface area (Å²) in [5.74, 6) is 0.612. The molecular formula is C23H20N4OS. The molecule has 1 aliphatic heterocycles. The number of fused-ring (bicyclic) bond motifs is 1. The molecule has 0 bridgehead atoms. The average molecular weight is 401 g/mol. The Balaban J connectivity index is 1.36. The van der Waals surface area contributed by atoms with E-state index in [1.807, 2.05) is 18.2 Å². The van der Waals surface area contributed by atoms with Gasteiger partial charge in [0.15, 0.2) is 0 Å². The van der Waals surface area contributed by atoms with Crippen LogP contribution in [0.3, 0.4) is 0 Å². The van der Waals surface area contributed by atoms with Crippen molar-refractivity contribution < 1.29 is 0 Å². The Morgan fingerprint density at radius 3 is 2.69 bits per heavy atom. The van der Waals surface area contributed by atoms with Gasteiger partial charge in [-0.05, 0) is 41.1 Å². The molecule has 0 fully saturated rings. The molecule has 6 heteroatoms. The Bertz CT molecular complexity index is 1180.